The molecule has 0 amide bonds. The van der Waals surface area contributed by atoms with Crippen molar-refractivity contribution in [3.63, 3.8) is 0 Å². The lowest BCUT2D eigenvalue weighted by Gasteiger charge is -2.22. The molecule has 0 spiro atoms. The normalized spacial score (nSPS) is 19.1. The van der Waals surface area contributed by atoms with Crippen molar-refractivity contribution in [3.8, 4) is 0 Å². The van der Waals surface area contributed by atoms with E-state index < -0.39 is 0 Å². The van der Waals surface area contributed by atoms with E-state index in [4.69, 9.17) is 15.2 Å². The van der Waals surface area contributed by atoms with E-state index in [1.807, 2.05) is 24.3 Å². The molecule has 4 heteroatoms. The Bertz CT molecular complexity index is 396. The number of anilines is 1. The van der Waals surface area contributed by atoms with Crippen LogP contribution in [0.4, 0.5) is 5.69 Å². The van der Waals surface area contributed by atoms with E-state index in [1.165, 1.54) is 0 Å². The smallest absolute Gasteiger partial charge is 0.306 e. The molecule has 1 aromatic rings. The second-order valence-corrected chi connectivity index (χ2v) is 4.91. The zero-order valence-electron chi connectivity index (χ0n) is 11.1. The third kappa shape index (κ3) is 4.91. The molecule has 0 radical (unpaired) electrons. The molecule has 2 rings (SSSR count). The fourth-order valence-corrected chi connectivity index (χ4v) is 2.13. The fraction of sp³-hybridized carbons (Fsp3) is 0.533. The van der Waals surface area contributed by atoms with Crippen LogP contribution < -0.4 is 5.73 Å². The number of carbonyl (C=O) groups excluding carboxylic acids is 1. The second-order valence-electron chi connectivity index (χ2n) is 4.91. The van der Waals surface area contributed by atoms with Gasteiger partial charge in [0.25, 0.3) is 0 Å². The Morgan fingerprint density at radius 2 is 2.11 bits per heavy atom. The van der Waals surface area contributed by atoms with Crippen LogP contribution in [-0.4, -0.2) is 25.3 Å². The fourth-order valence-electron chi connectivity index (χ4n) is 2.13. The Morgan fingerprint density at radius 3 is 2.79 bits per heavy atom. The van der Waals surface area contributed by atoms with Crippen LogP contribution in [-0.2, 0) is 20.7 Å². The minimum Gasteiger partial charge on any atom is -0.463 e. The number of aryl methyl sites for hydroxylation is 1. The van der Waals surface area contributed by atoms with Gasteiger partial charge in [0, 0.05) is 18.7 Å². The Morgan fingerprint density at radius 1 is 1.32 bits per heavy atom. The van der Waals surface area contributed by atoms with Gasteiger partial charge in [0.05, 0.1) is 6.10 Å². The van der Waals surface area contributed by atoms with Crippen LogP contribution in [0.15, 0.2) is 24.3 Å². The molecule has 1 heterocycles. The van der Waals surface area contributed by atoms with Crippen LogP contribution in [0.3, 0.4) is 0 Å². The lowest BCUT2D eigenvalue weighted by molar-refractivity contribution is -0.149. The Kier molecular flexibility index (Phi) is 5.21. The quantitative estimate of drug-likeness (QED) is 0.654. The minimum absolute atomic E-state index is 0.0919. The van der Waals surface area contributed by atoms with Gasteiger partial charge in [0.2, 0.25) is 0 Å². The number of carbonyl (C=O) groups is 1. The molecule has 2 N–H and O–H groups in total. The second kappa shape index (κ2) is 7.14. The molecule has 1 saturated heterocycles. The van der Waals surface area contributed by atoms with Crippen molar-refractivity contribution in [3.05, 3.63) is 29.8 Å². The van der Waals surface area contributed by atoms with E-state index in [1.54, 1.807) is 0 Å². The highest BCUT2D eigenvalue weighted by Gasteiger charge is 2.15. The highest BCUT2D eigenvalue weighted by Crippen LogP contribution is 2.13. The van der Waals surface area contributed by atoms with E-state index >= 15 is 0 Å². The summed E-state index contributed by atoms with van der Waals surface area (Å²) < 4.78 is 10.8. The van der Waals surface area contributed by atoms with Gasteiger partial charge in [-0.2, -0.15) is 0 Å². The van der Waals surface area contributed by atoms with Crippen LogP contribution in [0.25, 0.3) is 0 Å². The van der Waals surface area contributed by atoms with Gasteiger partial charge in [0.15, 0.2) is 0 Å². The van der Waals surface area contributed by atoms with Gasteiger partial charge in [-0.15, -0.1) is 0 Å². The van der Waals surface area contributed by atoms with Crippen LogP contribution in [0.5, 0.6) is 0 Å². The van der Waals surface area contributed by atoms with Crippen LogP contribution in [0, 0.1) is 0 Å². The van der Waals surface area contributed by atoms with E-state index in [2.05, 4.69) is 0 Å². The average molecular weight is 263 g/mol. The van der Waals surface area contributed by atoms with Gasteiger partial charge in [-0.1, -0.05) is 12.1 Å². The number of rotatable bonds is 5. The number of nitrogen functional groups attached to an aromatic ring is 1. The summed E-state index contributed by atoms with van der Waals surface area (Å²) in [5.41, 5.74) is 7.44. The first kappa shape index (κ1) is 13.9. The highest BCUT2D eigenvalue weighted by molar-refractivity contribution is 5.69. The zero-order chi connectivity index (χ0) is 13.5. The zero-order valence-corrected chi connectivity index (χ0v) is 11.1. The molecule has 0 bridgehead atoms. The number of esters is 1. The lowest BCUT2D eigenvalue weighted by atomic mass is 10.1. The summed E-state index contributed by atoms with van der Waals surface area (Å²) >= 11 is 0. The van der Waals surface area contributed by atoms with Crippen LogP contribution in [0.2, 0.25) is 0 Å². The van der Waals surface area contributed by atoms with Gasteiger partial charge >= 0.3 is 5.97 Å². The molecule has 0 aliphatic carbocycles. The maximum atomic E-state index is 11.6. The van der Waals surface area contributed by atoms with E-state index in [-0.39, 0.29) is 12.1 Å². The predicted molar refractivity (Wildman–Crippen MR) is 73.7 cm³/mol. The molecule has 104 valence electrons. The summed E-state index contributed by atoms with van der Waals surface area (Å²) in [6.45, 7) is 1.17. The van der Waals surface area contributed by atoms with Crippen molar-refractivity contribution in [1.82, 2.24) is 0 Å². The van der Waals surface area contributed by atoms with Crippen molar-refractivity contribution < 1.29 is 14.3 Å². The van der Waals surface area contributed by atoms with Gasteiger partial charge in [-0.3, -0.25) is 4.79 Å². The Hall–Kier alpha value is -1.55. The summed E-state index contributed by atoms with van der Waals surface area (Å²) in [5.74, 6) is -0.161. The van der Waals surface area contributed by atoms with Gasteiger partial charge in [0.1, 0.15) is 6.61 Å². The topological polar surface area (TPSA) is 61.6 Å². The summed E-state index contributed by atoms with van der Waals surface area (Å²) in [6, 6.07) is 7.56. The Balaban J connectivity index is 1.65. The first-order valence-electron chi connectivity index (χ1n) is 6.85. The van der Waals surface area contributed by atoms with Crippen LogP contribution >= 0.6 is 0 Å². The third-order valence-electron chi connectivity index (χ3n) is 3.30. The monoisotopic (exact) mass is 263 g/mol. The SMILES string of the molecule is Nc1ccc(CCC(=O)OCC2CCCCO2)cc1. The molecule has 4 nitrogen and oxygen atoms in total. The molecule has 1 aromatic carbocycles. The highest BCUT2D eigenvalue weighted by atomic mass is 16.6. The molecule has 1 fully saturated rings. The minimum atomic E-state index is -0.161. The lowest BCUT2D eigenvalue weighted by Crippen LogP contribution is -2.26. The largest absolute Gasteiger partial charge is 0.463 e. The van der Waals surface area contributed by atoms with Gasteiger partial charge in [-0.05, 0) is 43.4 Å². The maximum Gasteiger partial charge on any atom is 0.306 e. The van der Waals surface area contributed by atoms with Crippen molar-refractivity contribution in [2.75, 3.05) is 18.9 Å². The third-order valence-corrected chi connectivity index (χ3v) is 3.30. The summed E-state index contributed by atoms with van der Waals surface area (Å²) in [6.07, 6.45) is 4.44. The van der Waals surface area contributed by atoms with E-state index in [0.29, 0.717) is 19.4 Å². The predicted octanol–water partition coefficient (Wildman–Crippen LogP) is 2.31. The van der Waals surface area contributed by atoms with Crippen molar-refractivity contribution in [2.45, 2.75) is 38.2 Å². The number of hydrogen-bond donors (Lipinski definition) is 1. The summed E-state index contributed by atoms with van der Waals surface area (Å²) in [4.78, 5) is 11.6. The standard InChI is InChI=1S/C15H21NO3/c16-13-7-4-12(5-8-13)6-9-15(17)19-11-14-3-1-2-10-18-14/h4-5,7-8,14H,1-3,6,9-11,16H2. The molecule has 1 atom stereocenters. The molecular formula is C15H21NO3. The molecule has 1 aliphatic heterocycles. The van der Waals surface area contributed by atoms with E-state index in [9.17, 15) is 4.79 Å². The van der Waals surface area contributed by atoms with Crippen molar-refractivity contribution in [1.29, 1.82) is 0 Å². The van der Waals surface area contributed by atoms with Gasteiger partial charge in [-0.25, -0.2) is 0 Å². The van der Waals surface area contributed by atoms with Crippen molar-refractivity contribution >= 4 is 11.7 Å². The molecule has 1 aliphatic rings. The number of hydrogen-bond acceptors (Lipinski definition) is 4. The average Bonchev–Trinajstić information content (AvgIpc) is 2.45. The van der Waals surface area contributed by atoms with Crippen molar-refractivity contribution in [2.24, 2.45) is 0 Å². The first-order valence-corrected chi connectivity index (χ1v) is 6.85. The number of ether oxygens (including phenoxy) is 2. The van der Waals surface area contributed by atoms with E-state index in [0.717, 1.165) is 37.1 Å². The summed E-state index contributed by atoms with van der Waals surface area (Å²) in [5, 5.41) is 0. The summed E-state index contributed by atoms with van der Waals surface area (Å²) in [7, 11) is 0. The molecule has 0 aromatic heterocycles. The number of benzene rings is 1. The maximum absolute atomic E-state index is 11.6. The molecule has 0 saturated carbocycles. The van der Waals surface area contributed by atoms with Crippen LogP contribution in [0.1, 0.15) is 31.2 Å². The first-order chi connectivity index (χ1) is 9.24. The Labute approximate surface area is 113 Å². The molecular weight excluding hydrogens is 242 g/mol. The molecule has 19 heavy (non-hydrogen) atoms. The molecule has 1 unspecified atom stereocenters. The number of nitrogens with two attached hydrogens (primary N) is 1. The van der Waals surface area contributed by atoms with Gasteiger partial charge < -0.3 is 15.2 Å².